The van der Waals surface area contributed by atoms with Gasteiger partial charge in [-0.25, -0.2) is 9.18 Å². The molecule has 2 rings (SSSR count). The minimum Gasteiger partial charge on any atom is -0.484 e. The molecular formula is C18H16ClFN2O6. The Morgan fingerprint density at radius 2 is 1.50 bits per heavy atom. The molecule has 2 N–H and O–H groups in total. The molecule has 0 aliphatic rings. The number of ether oxygens (including phenoxy) is 3. The Bertz CT molecular complexity index is 831. The molecule has 148 valence electrons. The van der Waals surface area contributed by atoms with Crippen molar-refractivity contribution in [2.45, 2.75) is 0 Å². The summed E-state index contributed by atoms with van der Waals surface area (Å²) in [5, 5.41) is 0.526. The summed E-state index contributed by atoms with van der Waals surface area (Å²) in [5.41, 5.74) is 4.14. The zero-order valence-corrected chi connectivity index (χ0v) is 15.2. The summed E-state index contributed by atoms with van der Waals surface area (Å²) >= 11 is 5.73. The third kappa shape index (κ3) is 7.50. The lowest BCUT2D eigenvalue weighted by Gasteiger charge is -2.10. The van der Waals surface area contributed by atoms with E-state index in [1.165, 1.54) is 24.3 Å². The molecule has 2 aromatic carbocycles. The first-order chi connectivity index (χ1) is 13.4. The molecule has 0 aliphatic heterocycles. The number of esters is 1. The molecule has 0 aliphatic carbocycles. The van der Waals surface area contributed by atoms with E-state index in [-0.39, 0.29) is 12.4 Å². The van der Waals surface area contributed by atoms with Crippen LogP contribution in [-0.2, 0) is 19.1 Å². The van der Waals surface area contributed by atoms with Crippen LogP contribution in [0.5, 0.6) is 11.5 Å². The second-order valence-electron chi connectivity index (χ2n) is 5.22. The molecule has 0 fully saturated rings. The second kappa shape index (κ2) is 10.7. The highest BCUT2D eigenvalue weighted by atomic mass is 35.5. The van der Waals surface area contributed by atoms with Crippen molar-refractivity contribution in [3.8, 4) is 11.5 Å². The third-order valence-corrected chi connectivity index (χ3v) is 3.32. The van der Waals surface area contributed by atoms with E-state index in [4.69, 9.17) is 21.1 Å². The summed E-state index contributed by atoms with van der Waals surface area (Å²) in [6.07, 6.45) is 0. The molecule has 10 heteroatoms. The standard InChI is InChI=1S/C18H16ClFN2O6/c19-12-5-7-13(8-6-12)26-9-16(23)21-22-17(24)10-28-18(25)11-27-15-4-2-1-3-14(15)20/h1-8H,9-11H2,(H,21,23)(H,22,24). The van der Waals surface area contributed by atoms with E-state index in [0.717, 1.165) is 0 Å². The van der Waals surface area contributed by atoms with Gasteiger partial charge in [-0.15, -0.1) is 0 Å². The smallest absolute Gasteiger partial charge is 0.344 e. The van der Waals surface area contributed by atoms with Gasteiger partial charge in [-0.2, -0.15) is 0 Å². The average molecular weight is 411 g/mol. The Morgan fingerprint density at radius 3 is 2.18 bits per heavy atom. The zero-order chi connectivity index (χ0) is 20.4. The van der Waals surface area contributed by atoms with Crippen molar-refractivity contribution in [2.24, 2.45) is 0 Å². The topological polar surface area (TPSA) is 103 Å². The van der Waals surface area contributed by atoms with Crippen molar-refractivity contribution in [1.29, 1.82) is 0 Å². The maximum absolute atomic E-state index is 13.3. The van der Waals surface area contributed by atoms with Gasteiger partial charge in [0.2, 0.25) is 0 Å². The summed E-state index contributed by atoms with van der Waals surface area (Å²) in [6.45, 7) is -1.58. The van der Waals surface area contributed by atoms with Crippen molar-refractivity contribution in [3.63, 3.8) is 0 Å². The van der Waals surface area contributed by atoms with E-state index in [1.54, 1.807) is 24.3 Å². The molecule has 0 radical (unpaired) electrons. The van der Waals surface area contributed by atoms with E-state index in [1.807, 2.05) is 5.43 Å². The predicted octanol–water partition coefficient (Wildman–Crippen LogP) is 1.63. The highest BCUT2D eigenvalue weighted by Crippen LogP contribution is 2.15. The summed E-state index contributed by atoms with van der Waals surface area (Å²) < 4.78 is 28.1. The van der Waals surface area contributed by atoms with Crippen molar-refractivity contribution < 1.29 is 33.0 Å². The van der Waals surface area contributed by atoms with Crippen LogP contribution in [0.3, 0.4) is 0 Å². The van der Waals surface area contributed by atoms with Crippen LogP contribution >= 0.6 is 11.6 Å². The molecule has 0 atom stereocenters. The van der Waals surface area contributed by atoms with Crippen LogP contribution in [-0.4, -0.2) is 37.6 Å². The number of para-hydroxylation sites is 1. The number of benzene rings is 2. The monoisotopic (exact) mass is 410 g/mol. The van der Waals surface area contributed by atoms with Gasteiger partial charge in [-0.3, -0.25) is 20.4 Å². The fourth-order valence-corrected chi connectivity index (χ4v) is 1.90. The normalized spacial score (nSPS) is 9.93. The van der Waals surface area contributed by atoms with Gasteiger partial charge >= 0.3 is 5.97 Å². The predicted molar refractivity (Wildman–Crippen MR) is 96.1 cm³/mol. The van der Waals surface area contributed by atoms with Gasteiger partial charge < -0.3 is 14.2 Å². The molecule has 28 heavy (non-hydrogen) atoms. The lowest BCUT2D eigenvalue weighted by molar-refractivity contribution is -0.150. The molecular weight excluding hydrogens is 395 g/mol. The summed E-state index contributed by atoms with van der Waals surface area (Å²) in [4.78, 5) is 34.6. The van der Waals surface area contributed by atoms with Gasteiger partial charge in [0.05, 0.1) is 0 Å². The molecule has 0 spiro atoms. The SMILES string of the molecule is O=C(COC(=O)COc1ccccc1F)NNC(=O)COc1ccc(Cl)cc1. The lowest BCUT2D eigenvalue weighted by Crippen LogP contribution is -2.45. The number of nitrogens with one attached hydrogen (secondary N) is 2. The molecule has 0 saturated heterocycles. The Kier molecular flexibility index (Phi) is 8.04. The Balaban J connectivity index is 1.59. The van der Waals surface area contributed by atoms with E-state index < -0.39 is 36.8 Å². The Labute approximate surface area is 164 Å². The van der Waals surface area contributed by atoms with Crippen molar-refractivity contribution in [1.82, 2.24) is 10.9 Å². The van der Waals surface area contributed by atoms with Crippen LogP contribution in [0.25, 0.3) is 0 Å². The number of hydrazine groups is 1. The van der Waals surface area contributed by atoms with Crippen molar-refractivity contribution in [2.75, 3.05) is 19.8 Å². The van der Waals surface area contributed by atoms with E-state index in [2.05, 4.69) is 10.2 Å². The maximum atomic E-state index is 13.3. The average Bonchev–Trinajstić information content (AvgIpc) is 2.69. The number of carbonyl (C=O) groups is 3. The van der Waals surface area contributed by atoms with Gasteiger partial charge in [0, 0.05) is 5.02 Å². The van der Waals surface area contributed by atoms with Crippen LogP contribution in [0.2, 0.25) is 5.02 Å². The van der Waals surface area contributed by atoms with E-state index in [0.29, 0.717) is 10.8 Å². The first-order valence-corrected chi connectivity index (χ1v) is 8.31. The Hall–Kier alpha value is -3.33. The van der Waals surface area contributed by atoms with Gasteiger partial charge in [0.25, 0.3) is 11.8 Å². The first kappa shape index (κ1) is 21.0. The number of amides is 2. The van der Waals surface area contributed by atoms with E-state index in [9.17, 15) is 18.8 Å². The fraction of sp³-hybridized carbons (Fsp3) is 0.167. The fourth-order valence-electron chi connectivity index (χ4n) is 1.78. The van der Waals surface area contributed by atoms with Crippen LogP contribution < -0.4 is 20.3 Å². The lowest BCUT2D eigenvalue weighted by atomic mass is 10.3. The highest BCUT2D eigenvalue weighted by Gasteiger charge is 2.11. The number of halogens is 2. The molecule has 2 aromatic rings. The number of hydrogen-bond donors (Lipinski definition) is 2. The molecule has 0 bridgehead atoms. The third-order valence-electron chi connectivity index (χ3n) is 3.07. The van der Waals surface area contributed by atoms with Crippen molar-refractivity contribution in [3.05, 3.63) is 59.4 Å². The number of carbonyl (C=O) groups excluding carboxylic acids is 3. The molecule has 0 aromatic heterocycles. The van der Waals surface area contributed by atoms with Crippen LogP contribution in [0.4, 0.5) is 4.39 Å². The molecule has 0 unspecified atom stereocenters. The second-order valence-corrected chi connectivity index (χ2v) is 5.66. The quantitative estimate of drug-likeness (QED) is 0.506. The minimum absolute atomic E-state index is 0.114. The Morgan fingerprint density at radius 1 is 0.857 bits per heavy atom. The summed E-state index contributed by atoms with van der Waals surface area (Å²) in [7, 11) is 0. The van der Waals surface area contributed by atoms with Crippen LogP contribution in [0.1, 0.15) is 0 Å². The number of rotatable bonds is 8. The van der Waals surface area contributed by atoms with E-state index >= 15 is 0 Å². The van der Waals surface area contributed by atoms with Gasteiger partial charge in [-0.05, 0) is 36.4 Å². The summed E-state index contributed by atoms with van der Waals surface area (Å²) in [5.74, 6) is -2.60. The summed E-state index contributed by atoms with van der Waals surface area (Å²) in [6, 6.07) is 11.9. The highest BCUT2D eigenvalue weighted by molar-refractivity contribution is 6.30. The molecule has 0 heterocycles. The van der Waals surface area contributed by atoms with Gasteiger partial charge in [0.15, 0.2) is 31.4 Å². The largest absolute Gasteiger partial charge is 0.484 e. The maximum Gasteiger partial charge on any atom is 0.344 e. The number of hydrogen-bond acceptors (Lipinski definition) is 6. The molecule has 8 nitrogen and oxygen atoms in total. The zero-order valence-electron chi connectivity index (χ0n) is 14.4. The van der Waals surface area contributed by atoms with Crippen LogP contribution in [0, 0.1) is 5.82 Å². The first-order valence-electron chi connectivity index (χ1n) is 7.93. The van der Waals surface area contributed by atoms with Gasteiger partial charge in [-0.1, -0.05) is 23.7 Å². The minimum atomic E-state index is -0.879. The molecule has 0 saturated carbocycles. The molecule has 2 amide bonds. The van der Waals surface area contributed by atoms with Gasteiger partial charge in [0.1, 0.15) is 5.75 Å². The van der Waals surface area contributed by atoms with Crippen LogP contribution in [0.15, 0.2) is 48.5 Å². The van der Waals surface area contributed by atoms with Crippen molar-refractivity contribution >= 4 is 29.4 Å².